The Morgan fingerprint density at radius 3 is 2.25 bits per heavy atom. The summed E-state index contributed by atoms with van der Waals surface area (Å²) in [5.41, 5.74) is 23.6. The third-order valence-electron chi connectivity index (χ3n) is 11.9. The van der Waals surface area contributed by atoms with Crippen LogP contribution < -0.4 is 49.5 Å². The summed E-state index contributed by atoms with van der Waals surface area (Å²) in [6.45, 7) is 3.62. The molecule has 1 fully saturated rings. The number of ketones is 3. The normalized spacial score (nSPS) is 21.0. The molecular formula is C47H72N12O9. The zero-order valence-electron chi connectivity index (χ0n) is 39.4. The van der Waals surface area contributed by atoms with Crippen molar-refractivity contribution < 1.29 is 43.2 Å². The number of carbonyl (C=O) groups excluding carboxylic acids is 9. The van der Waals surface area contributed by atoms with E-state index in [4.69, 9.17) is 22.9 Å². The van der Waals surface area contributed by atoms with E-state index in [0.717, 1.165) is 0 Å². The average Bonchev–Trinajstić information content (AvgIpc) is 3.81. The van der Waals surface area contributed by atoms with Gasteiger partial charge in [0.2, 0.25) is 35.4 Å². The summed E-state index contributed by atoms with van der Waals surface area (Å²) in [7, 11) is 0. The Morgan fingerprint density at radius 2 is 1.60 bits per heavy atom. The summed E-state index contributed by atoms with van der Waals surface area (Å²) in [4.78, 5) is 135. The van der Waals surface area contributed by atoms with Crippen LogP contribution in [-0.4, -0.2) is 113 Å². The van der Waals surface area contributed by atoms with Crippen LogP contribution >= 0.6 is 0 Å². The molecule has 0 radical (unpaired) electrons. The number of nitrogens with zero attached hydrogens (tertiary/aromatic N) is 2. The van der Waals surface area contributed by atoms with Crippen molar-refractivity contribution in [1.29, 1.82) is 0 Å². The number of H-pyrrole nitrogens is 1. The van der Waals surface area contributed by atoms with Gasteiger partial charge in [-0.3, -0.25) is 48.1 Å². The number of nitrogens with one attached hydrogen (secondary N) is 6. The first-order chi connectivity index (χ1) is 32.5. The lowest BCUT2D eigenvalue weighted by atomic mass is 9.81. The molecular weight excluding hydrogens is 877 g/mol. The van der Waals surface area contributed by atoms with Crippen molar-refractivity contribution >= 4 is 58.8 Å². The summed E-state index contributed by atoms with van der Waals surface area (Å²) in [5, 5.41) is 13.6. The van der Waals surface area contributed by atoms with E-state index >= 15 is 0 Å². The van der Waals surface area contributed by atoms with Crippen LogP contribution in [0.5, 0.6) is 0 Å². The third-order valence-corrected chi connectivity index (χ3v) is 11.9. The Hall–Kier alpha value is -6.51. The number of hydrogen-bond acceptors (Lipinski definition) is 12. The third kappa shape index (κ3) is 20.6. The summed E-state index contributed by atoms with van der Waals surface area (Å²) in [6.07, 6.45) is 4.71. The van der Waals surface area contributed by atoms with Gasteiger partial charge in [0.15, 0.2) is 11.7 Å². The molecule has 21 nitrogen and oxygen atoms in total. The van der Waals surface area contributed by atoms with Crippen molar-refractivity contribution in [3.8, 4) is 0 Å². The molecule has 6 amide bonds. The van der Waals surface area contributed by atoms with Crippen LogP contribution in [0.2, 0.25) is 0 Å². The van der Waals surface area contributed by atoms with Gasteiger partial charge in [-0.25, -0.2) is 4.98 Å². The fourth-order valence-corrected chi connectivity index (χ4v) is 8.06. The van der Waals surface area contributed by atoms with E-state index in [1.807, 2.05) is 6.92 Å². The molecule has 0 spiro atoms. The smallest absolute Gasteiger partial charge is 0.243 e. The molecule has 1 aliphatic rings. The van der Waals surface area contributed by atoms with E-state index in [2.05, 4.69) is 41.5 Å². The lowest BCUT2D eigenvalue weighted by molar-refractivity contribution is -0.135. The first kappa shape index (κ1) is 55.8. The van der Waals surface area contributed by atoms with E-state index in [9.17, 15) is 43.2 Å². The zero-order valence-corrected chi connectivity index (χ0v) is 39.4. The standard InChI is InChI=1S/C47H72N12O9/c1-3-4-15-35(56-29(2)60)44(66)57-36-16-17-42(64)53-21-18-32(40(62)25-33(43(49)65)13-8-9-19-48)23-39(61)31(14-10-20-54-47(50)51)24-41(63)37(22-30-11-6-5-7-12-30)58-46(68)38(59-45(36)67)26-34-27-52-28-55-34/h5-7,11-12,27-28,31-33,35-38H,3-4,8-10,13-26,48H2,1-2H3,(H2,49,65)(H,52,55)(H,53,64)(H,56,60)(H,57,66)(H,58,68)(H,59,67)(H4,50,51,54)/t31-,32-,33-,35+,36+,37-,38+/m1/s1. The van der Waals surface area contributed by atoms with E-state index in [1.165, 1.54) is 19.4 Å². The second-order valence-electron chi connectivity index (χ2n) is 17.5. The summed E-state index contributed by atoms with van der Waals surface area (Å²) >= 11 is 0. The van der Waals surface area contributed by atoms with Crippen LogP contribution in [0, 0.1) is 17.8 Å². The molecule has 1 aromatic heterocycles. The van der Waals surface area contributed by atoms with Gasteiger partial charge >= 0.3 is 0 Å². The summed E-state index contributed by atoms with van der Waals surface area (Å²) in [6, 6.07) is 3.95. The number of nitrogens with two attached hydrogens (primary N) is 4. The summed E-state index contributed by atoms with van der Waals surface area (Å²) < 4.78 is 0. The Kier molecular flexibility index (Phi) is 24.6. The highest BCUT2D eigenvalue weighted by atomic mass is 16.2. The highest BCUT2D eigenvalue weighted by molar-refractivity contribution is 5.98. The topological polar surface area (TPSA) is 359 Å². The van der Waals surface area contributed by atoms with Gasteiger partial charge in [-0.15, -0.1) is 0 Å². The predicted octanol–water partition coefficient (Wildman–Crippen LogP) is 0.0384. The van der Waals surface area contributed by atoms with Crippen molar-refractivity contribution in [1.82, 2.24) is 36.6 Å². The molecule has 1 saturated heterocycles. The number of primary amides is 1. The van der Waals surface area contributed by atoms with Crippen LogP contribution in [0.1, 0.15) is 115 Å². The Labute approximate surface area is 397 Å². The van der Waals surface area contributed by atoms with Crippen molar-refractivity contribution in [2.75, 3.05) is 19.6 Å². The molecule has 2 heterocycles. The lowest BCUT2D eigenvalue weighted by Gasteiger charge is -2.27. The lowest BCUT2D eigenvalue weighted by Crippen LogP contribution is -2.58. The number of aliphatic imine (C=N–C) groups is 1. The zero-order chi connectivity index (χ0) is 50.0. The summed E-state index contributed by atoms with van der Waals surface area (Å²) in [5.74, 6) is -8.23. The number of unbranched alkanes of at least 4 members (excludes halogenated alkanes) is 2. The molecule has 1 aromatic carbocycles. The number of amides is 6. The molecule has 0 saturated carbocycles. The first-order valence-corrected chi connectivity index (χ1v) is 23.6. The van der Waals surface area contributed by atoms with Crippen LogP contribution in [-0.2, 0) is 56.0 Å². The van der Waals surface area contributed by atoms with Crippen LogP contribution in [0.15, 0.2) is 47.8 Å². The number of benzene rings is 1. The molecule has 2 aromatic rings. The molecule has 1 aliphatic heterocycles. The molecule has 374 valence electrons. The molecule has 0 bridgehead atoms. The Morgan fingerprint density at radius 1 is 0.868 bits per heavy atom. The van der Waals surface area contributed by atoms with Gasteiger partial charge < -0.3 is 54.5 Å². The second-order valence-corrected chi connectivity index (χ2v) is 17.5. The fourth-order valence-electron chi connectivity index (χ4n) is 8.06. The van der Waals surface area contributed by atoms with Gasteiger partial charge in [-0.05, 0) is 63.5 Å². The van der Waals surface area contributed by atoms with E-state index in [0.29, 0.717) is 49.9 Å². The van der Waals surface area contributed by atoms with Crippen molar-refractivity contribution in [3.63, 3.8) is 0 Å². The number of carbonyl (C=O) groups is 9. The minimum absolute atomic E-state index is 0.0135. The highest BCUT2D eigenvalue weighted by Gasteiger charge is 2.35. The molecule has 0 aliphatic carbocycles. The minimum Gasteiger partial charge on any atom is -0.370 e. The maximum absolute atomic E-state index is 14.6. The highest BCUT2D eigenvalue weighted by Crippen LogP contribution is 2.25. The largest absolute Gasteiger partial charge is 0.370 e. The van der Waals surface area contributed by atoms with Crippen molar-refractivity contribution in [2.45, 2.75) is 141 Å². The first-order valence-electron chi connectivity index (χ1n) is 23.6. The number of Topliss-reactive ketones (excluding diaryl/α,β-unsaturated/α-hetero) is 3. The number of aromatic amines is 1. The van der Waals surface area contributed by atoms with E-state index < -0.39 is 94.7 Å². The Balaban J connectivity index is 2.12. The second kappa shape index (κ2) is 30.0. The molecule has 21 heteroatoms. The maximum atomic E-state index is 14.6. The van der Waals surface area contributed by atoms with Gasteiger partial charge in [0.1, 0.15) is 29.7 Å². The molecule has 14 N–H and O–H groups in total. The molecule has 7 atom stereocenters. The van der Waals surface area contributed by atoms with E-state index in [1.54, 1.807) is 30.3 Å². The van der Waals surface area contributed by atoms with Crippen LogP contribution in [0.25, 0.3) is 0 Å². The average molecular weight is 949 g/mol. The monoisotopic (exact) mass is 949 g/mol. The quantitative estimate of drug-likeness (QED) is 0.0424. The van der Waals surface area contributed by atoms with Gasteiger partial charge in [0, 0.05) is 81.8 Å². The maximum Gasteiger partial charge on any atom is 0.243 e. The Bertz CT molecular complexity index is 2010. The number of hydrogen-bond donors (Lipinski definition) is 10. The van der Waals surface area contributed by atoms with Gasteiger partial charge in [-0.1, -0.05) is 56.5 Å². The van der Waals surface area contributed by atoms with Crippen molar-refractivity contribution in [2.24, 2.45) is 45.7 Å². The van der Waals surface area contributed by atoms with Crippen LogP contribution in [0.3, 0.4) is 0 Å². The van der Waals surface area contributed by atoms with Crippen molar-refractivity contribution in [3.05, 3.63) is 54.1 Å². The number of imidazole rings is 1. The van der Waals surface area contributed by atoms with E-state index in [-0.39, 0.29) is 89.7 Å². The minimum atomic E-state index is -1.39. The van der Waals surface area contributed by atoms with Crippen LogP contribution in [0.4, 0.5) is 0 Å². The number of guanidine groups is 1. The van der Waals surface area contributed by atoms with Gasteiger partial charge in [-0.2, -0.15) is 0 Å². The SMILES string of the molecule is CCCC[C@H](NC(C)=O)C(=O)N[C@H]1CCC(=O)NCC[C@@H](C(=O)C[C@@H](CCCCN)C(N)=O)CC(=O)[C@H](CCCN=C(N)N)CC(=O)[C@@H](Cc2ccccc2)NC(=O)[C@H](Cc2cnc[nH]2)NC1=O. The fraction of sp³-hybridized carbons (Fsp3) is 0.596. The van der Waals surface area contributed by atoms with Gasteiger partial charge in [0.25, 0.3) is 0 Å². The number of aromatic nitrogens is 2. The molecule has 0 unspecified atom stereocenters. The number of rotatable bonds is 22. The van der Waals surface area contributed by atoms with Gasteiger partial charge in [0.05, 0.1) is 12.4 Å². The predicted molar refractivity (Wildman–Crippen MR) is 254 cm³/mol. The molecule has 3 rings (SSSR count). The molecule has 68 heavy (non-hydrogen) atoms.